The zero-order chi connectivity index (χ0) is 15.0. The van der Waals surface area contributed by atoms with Crippen molar-refractivity contribution in [3.63, 3.8) is 0 Å². The number of para-hydroxylation sites is 1. The minimum Gasteiger partial charge on any atom is -0.366 e. The molecule has 1 aromatic heterocycles. The Hall–Kier alpha value is -1.88. The molecule has 0 saturated carbocycles. The molecule has 1 aliphatic rings. The summed E-state index contributed by atoms with van der Waals surface area (Å²) in [6, 6.07) is 5.98. The number of carbonyl (C=O) groups is 1. The normalized spacial score (nSPS) is 16.7. The Bertz CT molecular complexity index is 668. The van der Waals surface area contributed by atoms with Crippen molar-refractivity contribution in [1.82, 2.24) is 14.9 Å². The van der Waals surface area contributed by atoms with E-state index in [2.05, 4.69) is 23.7 Å². The maximum Gasteiger partial charge on any atom is 0.250 e. The molecule has 1 aliphatic heterocycles. The predicted octanol–water partition coefficient (Wildman–Crippen LogP) is 2.18. The van der Waals surface area contributed by atoms with Gasteiger partial charge in [-0.1, -0.05) is 6.07 Å². The minimum absolute atomic E-state index is 0.308. The van der Waals surface area contributed by atoms with Crippen LogP contribution in [0.1, 0.15) is 54.8 Å². The molecule has 0 radical (unpaired) electrons. The molecule has 0 aliphatic carbocycles. The maximum atomic E-state index is 11.6. The second-order valence-corrected chi connectivity index (χ2v) is 6.00. The summed E-state index contributed by atoms with van der Waals surface area (Å²) in [6.45, 7) is 6.36. The van der Waals surface area contributed by atoms with Gasteiger partial charge in [0, 0.05) is 12.0 Å². The predicted molar refractivity (Wildman–Crippen MR) is 83.5 cm³/mol. The monoisotopic (exact) mass is 286 g/mol. The zero-order valence-corrected chi connectivity index (χ0v) is 12.6. The summed E-state index contributed by atoms with van der Waals surface area (Å²) >= 11 is 0. The van der Waals surface area contributed by atoms with Crippen molar-refractivity contribution in [3.8, 4) is 0 Å². The number of benzene rings is 1. The number of nitrogens with zero attached hydrogens (tertiary/aromatic N) is 2. The largest absolute Gasteiger partial charge is 0.366 e. The topological polar surface area (TPSA) is 72.9 Å². The van der Waals surface area contributed by atoms with Gasteiger partial charge in [-0.3, -0.25) is 4.79 Å². The molecule has 1 amide bonds. The van der Waals surface area contributed by atoms with E-state index in [1.165, 1.54) is 0 Å². The van der Waals surface area contributed by atoms with Crippen molar-refractivity contribution in [2.75, 3.05) is 13.1 Å². The van der Waals surface area contributed by atoms with Crippen LogP contribution in [0.25, 0.3) is 11.0 Å². The van der Waals surface area contributed by atoms with E-state index in [-0.39, 0.29) is 0 Å². The Morgan fingerprint density at radius 1 is 1.38 bits per heavy atom. The van der Waals surface area contributed by atoms with E-state index in [0.29, 0.717) is 17.5 Å². The number of hydrogen-bond donors (Lipinski definition) is 2. The Morgan fingerprint density at radius 3 is 2.71 bits per heavy atom. The number of carbonyl (C=O) groups excluding carboxylic acids is 1. The van der Waals surface area contributed by atoms with E-state index < -0.39 is 5.91 Å². The quantitative estimate of drug-likeness (QED) is 0.908. The first-order valence-electron chi connectivity index (χ1n) is 7.61. The van der Waals surface area contributed by atoms with E-state index in [1.807, 2.05) is 12.1 Å². The fourth-order valence-electron chi connectivity index (χ4n) is 3.24. The third-order valence-corrected chi connectivity index (χ3v) is 4.23. The summed E-state index contributed by atoms with van der Waals surface area (Å²) in [4.78, 5) is 16.5. The fourth-order valence-corrected chi connectivity index (χ4v) is 3.24. The summed E-state index contributed by atoms with van der Waals surface area (Å²) < 4.78 is 2.26. The van der Waals surface area contributed by atoms with E-state index in [1.54, 1.807) is 6.07 Å². The number of imidazole rings is 1. The first kappa shape index (κ1) is 14.1. The molecule has 0 bridgehead atoms. The summed E-state index contributed by atoms with van der Waals surface area (Å²) in [7, 11) is 0. The number of nitrogens with two attached hydrogens (primary N) is 1. The Morgan fingerprint density at radius 2 is 2.10 bits per heavy atom. The average Bonchev–Trinajstić information content (AvgIpc) is 2.87. The van der Waals surface area contributed by atoms with Crippen LogP contribution < -0.4 is 11.1 Å². The second kappa shape index (κ2) is 5.48. The Labute approximate surface area is 124 Å². The van der Waals surface area contributed by atoms with Crippen LogP contribution in [-0.4, -0.2) is 28.5 Å². The van der Waals surface area contributed by atoms with Gasteiger partial charge in [0.25, 0.3) is 5.91 Å². The first-order chi connectivity index (χ1) is 10.1. The highest BCUT2D eigenvalue weighted by atomic mass is 16.1. The highest BCUT2D eigenvalue weighted by Crippen LogP contribution is 2.31. The van der Waals surface area contributed by atoms with E-state index in [4.69, 9.17) is 10.7 Å². The smallest absolute Gasteiger partial charge is 0.250 e. The lowest BCUT2D eigenvalue weighted by molar-refractivity contribution is 0.100. The van der Waals surface area contributed by atoms with Gasteiger partial charge in [-0.05, 0) is 51.9 Å². The van der Waals surface area contributed by atoms with Gasteiger partial charge < -0.3 is 15.6 Å². The zero-order valence-electron chi connectivity index (χ0n) is 12.6. The van der Waals surface area contributed by atoms with Gasteiger partial charge in [-0.2, -0.15) is 0 Å². The molecule has 21 heavy (non-hydrogen) atoms. The lowest BCUT2D eigenvalue weighted by atomic mass is 9.97. The van der Waals surface area contributed by atoms with Crippen molar-refractivity contribution in [1.29, 1.82) is 0 Å². The van der Waals surface area contributed by atoms with Crippen LogP contribution in [0.4, 0.5) is 0 Å². The molecule has 1 saturated heterocycles. The Kier molecular flexibility index (Phi) is 3.68. The van der Waals surface area contributed by atoms with Crippen molar-refractivity contribution < 1.29 is 4.79 Å². The summed E-state index contributed by atoms with van der Waals surface area (Å²) in [6.07, 6.45) is 2.17. The molecule has 0 atom stereocenters. The second-order valence-electron chi connectivity index (χ2n) is 6.00. The van der Waals surface area contributed by atoms with Crippen molar-refractivity contribution in [2.45, 2.75) is 38.6 Å². The Balaban J connectivity index is 2.21. The molecule has 112 valence electrons. The third kappa shape index (κ3) is 2.42. The van der Waals surface area contributed by atoms with E-state index in [0.717, 1.165) is 42.8 Å². The van der Waals surface area contributed by atoms with Crippen LogP contribution in [0.3, 0.4) is 0 Å². The molecule has 1 aromatic carbocycles. The van der Waals surface area contributed by atoms with Crippen molar-refractivity contribution in [3.05, 3.63) is 29.6 Å². The maximum absolute atomic E-state index is 11.6. The number of fused-ring (bicyclic) bond motifs is 1. The number of rotatable bonds is 3. The van der Waals surface area contributed by atoms with Gasteiger partial charge in [0.2, 0.25) is 0 Å². The fraction of sp³-hybridized carbons (Fsp3) is 0.500. The molecule has 2 aromatic rings. The average molecular weight is 286 g/mol. The number of nitrogens with one attached hydrogen (secondary N) is 1. The standard InChI is InChI=1S/C16H22N4O/c1-10(2)20-13-5-3-4-12(15(17)21)14(13)19-16(20)11-6-8-18-9-7-11/h3-5,10-11,18H,6-9H2,1-2H3,(H2,17,21). The number of aromatic nitrogens is 2. The summed E-state index contributed by atoms with van der Waals surface area (Å²) in [5.74, 6) is 1.13. The number of hydrogen-bond acceptors (Lipinski definition) is 3. The van der Waals surface area contributed by atoms with Crippen LogP contribution in [0.2, 0.25) is 0 Å². The van der Waals surface area contributed by atoms with Gasteiger partial charge in [0.05, 0.1) is 11.1 Å². The van der Waals surface area contributed by atoms with Gasteiger partial charge in [-0.15, -0.1) is 0 Å². The summed E-state index contributed by atoms with van der Waals surface area (Å²) in [5.41, 5.74) is 7.76. The van der Waals surface area contributed by atoms with Gasteiger partial charge >= 0.3 is 0 Å². The third-order valence-electron chi connectivity index (χ3n) is 4.23. The number of piperidine rings is 1. The highest BCUT2D eigenvalue weighted by Gasteiger charge is 2.24. The molecule has 3 N–H and O–H groups in total. The van der Waals surface area contributed by atoms with Gasteiger partial charge in [0.15, 0.2) is 0 Å². The summed E-state index contributed by atoms with van der Waals surface area (Å²) in [5, 5.41) is 3.39. The lowest BCUT2D eigenvalue weighted by Crippen LogP contribution is -2.28. The van der Waals surface area contributed by atoms with Gasteiger partial charge in [0.1, 0.15) is 11.3 Å². The van der Waals surface area contributed by atoms with Crippen LogP contribution in [0, 0.1) is 0 Å². The van der Waals surface area contributed by atoms with E-state index >= 15 is 0 Å². The molecular formula is C16H22N4O. The van der Waals surface area contributed by atoms with Crippen LogP contribution in [0.15, 0.2) is 18.2 Å². The molecule has 2 heterocycles. The molecule has 0 spiro atoms. The first-order valence-corrected chi connectivity index (χ1v) is 7.61. The van der Waals surface area contributed by atoms with Crippen LogP contribution in [0.5, 0.6) is 0 Å². The highest BCUT2D eigenvalue weighted by molar-refractivity contribution is 6.04. The van der Waals surface area contributed by atoms with Crippen LogP contribution >= 0.6 is 0 Å². The van der Waals surface area contributed by atoms with Crippen molar-refractivity contribution in [2.24, 2.45) is 5.73 Å². The van der Waals surface area contributed by atoms with Crippen molar-refractivity contribution >= 4 is 16.9 Å². The molecule has 5 nitrogen and oxygen atoms in total. The van der Waals surface area contributed by atoms with E-state index in [9.17, 15) is 4.79 Å². The molecule has 0 unspecified atom stereocenters. The molecule has 3 rings (SSSR count). The number of primary amides is 1. The molecule has 1 fully saturated rings. The number of amides is 1. The molecule has 5 heteroatoms. The van der Waals surface area contributed by atoms with Gasteiger partial charge in [-0.25, -0.2) is 4.98 Å². The van der Waals surface area contributed by atoms with Crippen LogP contribution in [-0.2, 0) is 0 Å². The minimum atomic E-state index is -0.411. The SMILES string of the molecule is CC(C)n1c(C2CCNCC2)nc2c(C(N)=O)cccc21. The molecular weight excluding hydrogens is 264 g/mol. The lowest BCUT2D eigenvalue weighted by Gasteiger charge is -2.24.